The number of rotatable bonds is 3. The average Bonchev–Trinajstić information content (AvgIpc) is 3.15. The quantitative estimate of drug-likeness (QED) is 0.730. The molecule has 3 heterocycles. The lowest BCUT2D eigenvalue weighted by atomic mass is 10.1. The average molecular weight is 443 g/mol. The molecule has 10 heteroatoms. The van der Waals surface area contributed by atoms with E-state index in [0.717, 1.165) is 4.88 Å². The van der Waals surface area contributed by atoms with Crippen molar-refractivity contribution < 1.29 is 22.7 Å². The van der Waals surface area contributed by atoms with Gasteiger partial charge in [0, 0.05) is 36.6 Å². The predicted octanol–water partition coefficient (Wildman–Crippen LogP) is 2.63. The van der Waals surface area contributed by atoms with Crippen LogP contribution in [0, 0.1) is 6.92 Å². The Kier molecular flexibility index (Phi) is 5.26. The van der Waals surface area contributed by atoms with Gasteiger partial charge in [0.15, 0.2) is 11.5 Å². The van der Waals surface area contributed by atoms with Gasteiger partial charge in [0.1, 0.15) is 17.4 Å². The number of carbonyl (C=O) groups is 1. The van der Waals surface area contributed by atoms with Crippen LogP contribution in [-0.4, -0.2) is 62.9 Å². The molecule has 150 valence electrons. The van der Waals surface area contributed by atoms with Crippen LogP contribution in [0.4, 0.5) is 0 Å². The summed E-state index contributed by atoms with van der Waals surface area (Å²) in [5.41, 5.74) is 0.402. The molecule has 2 aromatic rings. The van der Waals surface area contributed by atoms with Gasteiger partial charge in [-0.15, -0.1) is 11.3 Å². The van der Waals surface area contributed by atoms with Crippen LogP contribution in [0.2, 0.25) is 5.02 Å². The summed E-state index contributed by atoms with van der Waals surface area (Å²) >= 11 is 7.48. The molecule has 7 nitrogen and oxygen atoms in total. The number of fused-ring (bicyclic) bond motifs is 1. The third kappa shape index (κ3) is 3.59. The molecular weight excluding hydrogens is 424 g/mol. The molecule has 1 fully saturated rings. The summed E-state index contributed by atoms with van der Waals surface area (Å²) in [6.07, 6.45) is 0. The number of aryl methyl sites for hydroxylation is 1. The van der Waals surface area contributed by atoms with E-state index in [2.05, 4.69) is 0 Å². The van der Waals surface area contributed by atoms with E-state index in [0.29, 0.717) is 52.6 Å². The summed E-state index contributed by atoms with van der Waals surface area (Å²) in [5.74, 6) is 0.700. The van der Waals surface area contributed by atoms with E-state index < -0.39 is 10.0 Å². The minimum atomic E-state index is -3.52. The second-order valence-electron chi connectivity index (χ2n) is 6.54. The van der Waals surface area contributed by atoms with Gasteiger partial charge < -0.3 is 14.4 Å². The molecule has 1 saturated heterocycles. The highest BCUT2D eigenvalue weighted by Gasteiger charge is 2.32. The van der Waals surface area contributed by atoms with Gasteiger partial charge in [-0.2, -0.15) is 4.31 Å². The molecule has 2 aliphatic heterocycles. The number of thiophene rings is 1. The number of hydrogen-bond acceptors (Lipinski definition) is 6. The lowest BCUT2D eigenvalue weighted by Crippen LogP contribution is -2.50. The third-order valence-corrected chi connectivity index (χ3v) is 8.33. The van der Waals surface area contributed by atoms with Gasteiger partial charge in [0.2, 0.25) is 0 Å². The number of amides is 1. The van der Waals surface area contributed by atoms with Gasteiger partial charge in [-0.25, -0.2) is 8.42 Å². The van der Waals surface area contributed by atoms with E-state index in [4.69, 9.17) is 21.1 Å². The topological polar surface area (TPSA) is 76.2 Å². The van der Waals surface area contributed by atoms with Crippen LogP contribution in [0.3, 0.4) is 0 Å². The Balaban J connectivity index is 1.47. The molecular formula is C18H19ClN2O5S2. The van der Waals surface area contributed by atoms with Crippen molar-refractivity contribution in [2.45, 2.75) is 11.1 Å². The van der Waals surface area contributed by atoms with Gasteiger partial charge >= 0.3 is 0 Å². The number of benzene rings is 1. The standard InChI is InChI=1S/C18H19ClN2O5S2/c1-12-2-3-16(27-12)28(23,24)21-6-4-20(5-7-21)18(22)13-10-14(19)17-15(11-13)25-8-9-26-17/h2-3,10-11H,4-9H2,1H3. The van der Waals surface area contributed by atoms with Gasteiger partial charge in [0.05, 0.1) is 5.02 Å². The molecule has 2 aliphatic rings. The first kappa shape index (κ1) is 19.5. The number of halogens is 1. The van der Waals surface area contributed by atoms with E-state index in [1.54, 1.807) is 29.2 Å². The van der Waals surface area contributed by atoms with Crippen LogP contribution in [0.1, 0.15) is 15.2 Å². The lowest BCUT2D eigenvalue weighted by molar-refractivity contribution is 0.0697. The second-order valence-corrected chi connectivity index (χ2v) is 10.4. The molecule has 0 radical (unpaired) electrons. The van der Waals surface area contributed by atoms with Crippen LogP contribution < -0.4 is 9.47 Å². The SMILES string of the molecule is Cc1ccc(S(=O)(=O)N2CCN(C(=O)c3cc(Cl)c4c(c3)OCCO4)CC2)s1. The smallest absolute Gasteiger partial charge is 0.254 e. The molecule has 1 amide bonds. The number of ether oxygens (including phenoxy) is 2. The molecule has 0 bridgehead atoms. The number of sulfonamides is 1. The zero-order valence-corrected chi connectivity index (χ0v) is 17.6. The molecule has 0 saturated carbocycles. The van der Waals surface area contributed by atoms with Crippen LogP contribution >= 0.6 is 22.9 Å². The Labute approximate surface area is 172 Å². The van der Waals surface area contributed by atoms with Gasteiger partial charge in [-0.3, -0.25) is 4.79 Å². The molecule has 28 heavy (non-hydrogen) atoms. The van der Waals surface area contributed by atoms with E-state index in [9.17, 15) is 13.2 Å². The van der Waals surface area contributed by atoms with E-state index >= 15 is 0 Å². The predicted molar refractivity (Wildman–Crippen MR) is 106 cm³/mol. The van der Waals surface area contributed by atoms with Crippen molar-refractivity contribution in [3.63, 3.8) is 0 Å². The fourth-order valence-electron chi connectivity index (χ4n) is 3.23. The maximum atomic E-state index is 12.9. The minimum Gasteiger partial charge on any atom is -0.486 e. The van der Waals surface area contributed by atoms with Gasteiger partial charge in [0.25, 0.3) is 15.9 Å². The Morgan fingerprint density at radius 1 is 1.11 bits per heavy atom. The zero-order chi connectivity index (χ0) is 19.9. The summed E-state index contributed by atoms with van der Waals surface area (Å²) in [6, 6.07) is 6.61. The Bertz CT molecular complexity index is 1010. The maximum absolute atomic E-state index is 12.9. The second kappa shape index (κ2) is 7.55. The van der Waals surface area contributed by atoms with Crippen LogP contribution in [0.25, 0.3) is 0 Å². The highest BCUT2D eigenvalue weighted by molar-refractivity contribution is 7.91. The highest BCUT2D eigenvalue weighted by atomic mass is 35.5. The number of piperazine rings is 1. The Morgan fingerprint density at radius 2 is 1.82 bits per heavy atom. The van der Waals surface area contributed by atoms with Crippen molar-refractivity contribution in [3.05, 3.63) is 39.7 Å². The first-order valence-electron chi connectivity index (χ1n) is 8.81. The van der Waals surface area contributed by atoms with E-state index in [1.807, 2.05) is 6.92 Å². The minimum absolute atomic E-state index is 0.206. The van der Waals surface area contributed by atoms with Crippen molar-refractivity contribution in [1.82, 2.24) is 9.21 Å². The number of nitrogens with zero attached hydrogens (tertiary/aromatic N) is 2. The monoisotopic (exact) mass is 442 g/mol. The molecule has 0 atom stereocenters. The summed E-state index contributed by atoms with van der Waals surface area (Å²) in [5, 5.41) is 0.329. The van der Waals surface area contributed by atoms with Gasteiger partial charge in [-0.05, 0) is 31.2 Å². The first-order valence-corrected chi connectivity index (χ1v) is 11.4. The largest absolute Gasteiger partial charge is 0.486 e. The Hall–Kier alpha value is -1.81. The number of carbonyl (C=O) groups excluding carboxylic acids is 1. The summed E-state index contributed by atoms with van der Waals surface area (Å²) in [7, 11) is -3.52. The molecule has 1 aromatic carbocycles. The normalized spacial score (nSPS) is 17.6. The molecule has 1 aromatic heterocycles. The van der Waals surface area contributed by atoms with Crippen LogP contribution in [-0.2, 0) is 10.0 Å². The maximum Gasteiger partial charge on any atom is 0.254 e. The summed E-state index contributed by atoms with van der Waals surface area (Å²) in [4.78, 5) is 15.5. The van der Waals surface area contributed by atoms with Crippen molar-refractivity contribution in [2.24, 2.45) is 0 Å². The molecule has 0 spiro atoms. The fraction of sp³-hybridized carbons (Fsp3) is 0.389. The van der Waals surface area contributed by atoms with E-state index in [1.165, 1.54) is 15.6 Å². The van der Waals surface area contributed by atoms with Crippen molar-refractivity contribution in [3.8, 4) is 11.5 Å². The van der Waals surface area contributed by atoms with E-state index in [-0.39, 0.29) is 19.0 Å². The molecule has 0 unspecified atom stereocenters. The summed E-state index contributed by atoms with van der Waals surface area (Å²) in [6.45, 7) is 3.83. The van der Waals surface area contributed by atoms with Gasteiger partial charge in [-0.1, -0.05) is 11.6 Å². The third-order valence-electron chi connectivity index (χ3n) is 4.68. The van der Waals surface area contributed by atoms with Crippen LogP contribution in [0.15, 0.2) is 28.5 Å². The molecule has 0 N–H and O–H groups in total. The lowest BCUT2D eigenvalue weighted by Gasteiger charge is -2.34. The highest BCUT2D eigenvalue weighted by Crippen LogP contribution is 2.38. The summed E-state index contributed by atoms with van der Waals surface area (Å²) < 4.78 is 38.2. The number of hydrogen-bond donors (Lipinski definition) is 0. The van der Waals surface area contributed by atoms with Crippen LogP contribution in [0.5, 0.6) is 11.5 Å². The van der Waals surface area contributed by atoms with Crippen molar-refractivity contribution >= 4 is 38.9 Å². The molecule has 0 aliphatic carbocycles. The zero-order valence-electron chi connectivity index (χ0n) is 15.2. The van der Waals surface area contributed by atoms with Crippen molar-refractivity contribution in [2.75, 3.05) is 39.4 Å². The Morgan fingerprint density at radius 3 is 2.50 bits per heavy atom. The first-order chi connectivity index (χ1) is 13.4. The fourth-order valence-corrected chi connectivity index (χ4v) is 6.35. The van der Waals surface area contributed by atoms with Crippen molar-refractivity contribution in [1.29, 1.82) is 0 Å². The molecule has 4 rings (SSSR count).